The van der Waals surface area contributed by atoms with Crippen molar-refractivity contribution in [2.75, 3.05) is 11.9 Å². The smallest absolute Gasteiger partial charge is 0.229 e. The average molecular weight is 255 g/mol. The molecule has 1 aromatic heterocycles. The lowest BCUT2D eigenvalue weighted by molar-refractivity contribution is -0.120. The molecule has 1 aliphatic rings. The van der Waals surface area contributed by atoms with Crippen LogP contribution in [0.5, 0.6) is 0 Å². The molecule has 2 atom stereocenters. The Morgan fingerprint density at radius 2 is 2.29 bits per heavy atom. The van der Waals surface area contributed by atoms with Crippen molar-refractivity contribution in [1.29, 1.82) is 0 Å². The van der Waals surface area contributed by atoms with Gasteiger partial charge in [0.25, 0.3) is 0 Å². The molecule has 1 aromatic rings. The van der Waals surface area contributed by atoms with E-state index in [1.165, 1.54) is 0 Å². The summed E-state index contributed by atoms with van der Waals surface area (Å²) in [4.78, 5) is 12.0. The highest BCUT2D eigenvalue weighted by Gasteiger charge is 2.32. The molecule has 1 saturated carbocycles. The van der Waals surface area contributed by atoms with E-state index in [0.29, 0.717) is 17.5 Å². The minimum absolute atomic E-state index is 0.00234. The molecule has 3 N–H and O–H groups in total. The first kappa shape index (κ1) is 12.3. The molecule has 0 aromatic carbocycles. The normalized spacial score (nSPS) is 23.6. The maximum Gasteiger partial charge on any atom is 0.229 e. The van der Waals surface area contributed by atoms with Crippen molar-refractivity contribution in [2.24, 2.45) is 17.6 Å². The molecule has 0 aliphatic heterocycles. The number of carbonyl (C=O) groups excluding carboxylic acids is 1. The van der Waals surface area contributed by atoms with E-state index < -0.39 is 0 Å². The Balaban J connectivity index is 1.99. The summed E-state index contributed by atoms with van der Waals surface area (Å²) in [7, 11) is 0. The first-order valence-corrected chi connectivity index (χ1v) is 6.08. The van der Waals surface area contributed by atoms with Crippen molar-refractivity contribution in [1.82, 2.24) is 10.2 Å². The number of nitrogens with one attached hydrogen (secondary N) is 1. The van der Waals surface area contributed by atoms with Crippen molar-refractivity contribution in [3.05, 3.63) is 17.3 Å². The monoisotopic (exact) mass is 254 g/mol. The number of nitrogens with zero attached hydrogens (tertiary/aromatic N) is 2. The highest BCUT2D eigenvalue weighted by Crippen LogP contribution is 2.31. The molecule has 0 saturated heterocycles. The zero-order chi connectivity index (χ0) is 12.3. The molecule has 0 spiro atoms. The van der Waals surface area contributed by atoms with Crippen molar-refractivity contribution >= 4 is 23.3 Å². The van der Waals surface area contributed by atoms with Crippen LogP contribution in [-0.4, -0.2) is 22.6 Å². The Morgan fingerprint density at radius 1 is 1.47 bits per heavy atom. The molecule has 1 heterocycles. The van der Waals surface area contributed by atoms with E-state index in [-0.39, 0.29) is 17.7 Å². The number of aromatic nitrogens is 2. The van der Waals surface area contributed by atoms with Gasteiger partial charge >= 0.3 is 0 Å². The first-order valence-electron chi connectivity index (χ1n) is 5.71. The standard InChI is InChI=1S/C11H15ClN4O/c12-9-4-5-10(16-15-9)14-11(17)8-3-1-2-7(8)6-13/h4-5,7-8H,1-3,6,13H2,(H,14,16,17). The fraction of sp³-hybridized carbons (Fsp3) is 0.545. The number of hydrogen-bond donors (Lipinski definition) is 2. The molecule has 1 fully saturated rings. The molecular formula is C11H15ClN4O. The third kappa shape index (κ3) is 2.92. The van der Waals surface area contributed by atoms with E-state index >= 15 is 0 Å². The summed E-state index contributed by atoms with van der Waals surface area (Å²) >= 11 is 5.62. The molecule has 0 bridgehead atoms. The summed E-state index contributed by atoms with van der Waals surface area (Å²) in [5.41, 5.74) is 5.65. The third-order valence-corrected chi connectivity index (χ3v) is 3.38. The van der Waals surface area contributed by atoms with E-state index in [1.54, 1.807) is 12.1 Å². The predicted octanol–water partition coefficient (Wildman–Crippen LogP) is 1.44. The summed E-state index contributed by atoms with van der Waals surface area (Å²) in [6.45, 7) is 0.560. The lowest BCUT2D eigenvalue weighted by Gasteiger charge is -2.16. The molecule has 17 heavy (non-hydrogen) atoms. The second-order valence-corrected chi connectivity index (χ2v) is 4.65. The minimum atomic E-state index is -0.0189. The molecule has 92 valence electrons. The van der Waals surface area contributed by atoms with Crippen LogP contribution in [-0.2, 0) is 4.79 Å². The molecule has 0 radical (unpaired) electrons. The number of rotatable bonds is 3. The summed E-state index contributed by atoms with van der Waals surface area (Å²) in [5, 5.41) is 10.5. The van der Waals surface area contributed by atoms with Gasteiger partial charge in [-0.05, 0) is 37.4 Å². The lowest BCUT2D eigenvalue weighted by Crippen LogP contribution is -2.30. The van der Waals surface area contributed by atoms with Crippen molar-refractivity contribution in [3.63, 3.8) is 0 Å². The zero-order valence-electron chi connectivity index (χ0n) is 9.40. The molecule has 1 amide bonds. The third-order valence-electron chi connectivity index (χ3n) is 3.18. The van der Waals surface area contributed by atoms with Crippen molar-refractivity contribution < 1.29 is 4.79 Å². The summed E-state index contributed by atoms with van der Waals surface area (Å²) in [5.74, 6) is 0.699. The minimum Gasteiger partial charge on any atom is -0.330 e. The number of halogens is 1. The topological polar surface area (TPSA) is 80.9 Å². The zero-order valence-corrected chi connectivity index (χ0v) is 10.2. The van der Waals surface area contributed by atoms with Gasteiger partial charge in [0.1, 0.15) is 0 Å². The highest BCUT2D eigenvalue weighted by molar-refractivity contribution is 6.29. The first-order chi connectivity index (χ1) is 8.20. The van der Waals surface area contributed by atoms with E-state index in [4.69, 9.17) is 17.3 Å². The maximum absolute atomic E-state index is 12.0. The Kier molecular flexibility index (Phi) is 3.91. The van der Waals surface area contributed by atoms with Gasteiger partial charge in [-0.15, -0.1) is 10.2 Å². The van der Waals surface area contributed by atoms with Crippen LogP contribution >= 0.6 is 11.6 Å². The van der Waals surface area contributed by atoms with Gasteiger partial charge in [0, 0.05) is 5.92 Å². The van der Waals surface area contributed by atoms with Crippen LogP contribution in [0.1, 0.15) is 19.3 Å². The van der Waals surface area contributed by atoms with Crippen molar-refractivity contribution in [2.45, 2.75) is 19.3 Å². The molecule has 6 heteroatoms. The fourth-order valence-electron chi connectivity index (χ4n) is 2.27. The number of carbonyl (C=O) groups is 1. The Hall–Kier alpha value is -1.20. The van der Waals surface area contributed by atoms with E-state index in [0.717, 1.165) is 19.3 Å². The van der Waals surface area contributed by atoms with Gasteiger partial charge in [-0.2, -0.15) is 0 Å². The van der Waals surface area contributed by atoms with Crippen molar-refractivity contribution in [3.8, 4) is 0 Å². The van der Waals surface area contributed by atoms with Crippen LogP contribution in [0.15, 0.2) is 12.1 Å². The van der Waals surface area contributed by atoms with Gasteiger partial charge in [0.2, 0.25) is 5.91 Å². The van der Waals surface area contributed by atoms with E-state index in [9.17, 15) is 4.79 Å². The van der Waals surface area contributed by atoms with Gasteiger partial charge in [-0.1, -0.05) is 18.0 Å². The second kappa shape index (κ2) is 5.42. The van der Waals surface area contributed by atoms with Gasteiger partial charge in [-0.3, -0.25) is 4.79 Å². The van der Waals surface area contributed by atoms with Gasteiger partial charge < -0.3 is 11.1 Å². The summed E-state index contributed by atoms with van der Waals surface area (Å²) in [6.07, 6.45) is 2.99. The highest BCUT2D eigenvalue weighted by atomic mass is 35.5. The molecular weight excluding hydrogens is 240 g/mol. The summed E-state index contributed by atoms with van der Waals surface area (Å²) < 4.78 is 0. The largest absolute Gasteiger partial charge is 0.330 e. The Bertz CT molecular complexity index is 395. The average Bonchev–Trinajstić information content (AvgIpc) is 2.80. The predicted molar refractivity (Wildman–Crippen MR) is 65.6 cm³/mol. The SMILES string of the molecule is NCC1CCCC1C(=O)Nc1ccc(Cl)nn1. The Labute approximate surface area is 105 Å². The van der Waals surface area contributed by atoms with Gasteiger partial charge in [0.15, 0.2) is 11.0 Å². The fourth-order valence-corrected chi connectivity index (χ4v) is 2.37. The quantitative estimate of drug-likeness (QED) is 0.855. The van der Waals surface area contributed by atoms with E-state index in [2.05, 4.69) is 15.5 Å². The summed E-state index contributed by atoms with van der Waals surface area (Å²) in [6, 6.07) is 3.23. The van der Waals surface area contributed by atoms with Crippen LogP contribution in [0, 0.1) is 11.8 Å². The Morgan fingerprint density at radius 3 is 2.94 bits per heavy atom. The maximum atomic E-state index is 12.0. The van der Waals surface area contributed by atoms with Crippen LogP contribution in [0.2, 0.25) is 5.15 Å². The molecule has 5 nitrogen and oxygen atoms in total. The number of nitrogens with two attached hydrogens (primary N) is 1. The molecule has 1 aliphatic carbocycles. The number of amides is 1. The molecule has 2 rings (SSSR count). The van der Waals surface area contributed by atoms with Crippen LogP contribution in [0.4, 0.5) is 5.82 Å². The second-order valence-electron chi connectivity index (χ2n) is 4.26. The molecule has 2 unspecified atom stereocenters. The number of hydrogen-bond acceptors (Lipinski definition) is 4. The lowest BCUT2D eigenvalue weighted by atomic mass is 9.95. The van der Waals surface area contributed by atoms with Crippen LogP contribution in [0.25, 0.3) is 0 Å². The van der Waals surface area contributed by atoms with Gasteiger partial charge in [0.05, 0.1) is 0 Å². The van der Waals surface area contributed by atoms with Crippen LogP contribution < -0.4 is 11.1 Å². The van der Waals surface area contributed by atoms with Gasteiger partial charge in [-0.25, -0.2) is 0 Å². The van der Waals surface area contributed by atoms with E-state index in [1.807, 2.05) is 0 Å². The number of anilines is 1. The van der Waals surface area contributed by atoms with Crippen LogP contribution in [0.3, 0.4) is 0 Å².